The van der Waals surface area contributed by atoms with Gasteiger partial charge < -0.3 is 4.57 Å². The van der Waals surface area contributed by atoms with Gasteiger partial charge >= 0.3 is 0 Å². The standard InChI is InChI=1S/C12H16N4OS/c1-8(2)11-14-5-6-16(11)7-9-3-4-10(18-9)12(17)15-13/h3-6,8H,7,13H2,1-2H3,(H,15,17). The molecule has 0 bridgehead atoms. The number of nitrogens with one attached hydrogen (secondary N) is 1. The highest BCUT2D eigenvalue weighted by Gasteiger charge is 2.11. The molecule has 2 aromatic heterocycles. The number of aromatic nitrogens is 2. The average Bonchev–Trinajstić information content (AvgIpc) is 2.97. The van der Waals surface area contributed by atoms with E-state index in [-0.39, 0.29) is 5.91 Å². The van der Waals surface area contributed by atoms with E-state index in [0.29, 0.717) is 10.8 Å². The van der Waals surface area contributed by atoms with Crippen LogP contribution in [0.25, 0.3) is 0 Å². The predicted molar refractivity (Wildman–Crippen MR) is 71.4 cm³/mol. The maximum atomic E-state index is 11.4. The maximum absolute atomic E-state index is 11.4. The van der Waals surface area contributed by atoms with Crippen LogP contribution in [0, 0.1) is 0 Å². The Morgan fingerprint density at radius 1 is 1.56 bits per heavy atom. The quantitative estimate of drug-likeness (QED) is 0.501. The van der Waals surface area contributed by atoms with Crippen LogP contribution in [0.15, 0.2) is 24.5 Å². The van der Waals surface area contributed by atoms with Crippen molar-refractivity contribution < 1.29 is 4.79 Å². The lowest BCUT2D eigenvalue weighted by molar-refractivity contribution is 0.0957. The first-order valence-corrected chi connectivity index (χ1v) is 6.54. The Kier molecular flexibility index (Phi) is 3.78. The third-order valence-electron chi connectivity index (χ3n) is 2.61. The number of thiophene rings is 1. The largest absolute Gasteiger partial charge is 0.329 e. The lowest BCUT2D eigenvalue weighted by Crippen LogP contribution is -2.29. The van der Waals surface area contributed by atoms with Gasteiger partial charge in [-0.15, -0.1) is 11.3 Å². The summed E-state index contributed by atoms with van der Waals surface area (Å²) in [5.74, 6) is 6.29. The van der Waals surface area contributed by atoms with E-state index in [1.54, 1.807) is 12.3 Å². The fourth-order valence-electron chi connectivity index (χ4n) is 1.78. The normalized spacial score (nSPS) is 10.9. The Bertz CT molecular complexity index is 544. The predicted octanol–water partition coefficient (Wildman–Crippen LogP) is 1.72. The molecule has 6 heteroatoms. The maximum Gasteiger partial charge on any atom is 0.275 e. The smallest absolute Gasteiger partial charge is 0.275 e. The lowest BCUT2D eigenvalue weighted by atomic mass is 10.2. The highest BCUT2D eigenvalue weighted by atomic mass is 32.1. The molecule has 0 fully saturated rings. The van der Waals surface area contributed by atoms with E-state index in [1.165, 1.54) is 11.3 Å². The number of imidazole rings is 1. The van der Waals surface area contributed by atoms with Crippen LogP contribution in [0.1, 0.15) is 40.1 Å². The van der Waals surface area contributed by atoms with Crippen molar-refractivity contribution in [3.63, 3.8) is 0 Å². The van der Waals surface area contributed by atoms with Crippen molar-refractivity contribution in [3.8, 4) is 0 Å². The molecule has 96 valence electrons. The van der Waals surface area contributed by atoms with Gasteiger partial charge in [-0.05, 0) is 12.1 Å². The number of nitrogen functional groups attached to an aromatic ring is 1. The van der Waals surface area contributed by atoms with Gasteiger partial charge in [-0.1, -0.05) is 13.8 Å². The third kappa shape index (κ3) is 2.60. The van der Waals surface area contributed by atoms with Crippen molar-refractivity contribution in [3.05, 3.63) is 40.1 Å². The van der Waals surface area contributed by atoms with Gasteiger partial charge in [0, 0.05) is 23.2 Å². The van der Waals surface area contributed by atoms with Crippen LogP contribution < -0.4 is 11.3 Å². The summed E-state index contributed by atoms with van der Waals surface area (Å²) >= 11 is 1.44. The van der Waals surface area contributed by atoms with Crippen molar-refractivity contribution in [2.75, 3.05) is 0 Å². The summed E-state index contributed by atoms with van der Waals surface area (Å²) in [6, 6.07) is 3.73. The molecule has 3 N–H and O–H groups in total. The van der Waals surface area contributed by atoms with E-state index < -0.39 is 0 Å². The van der Waals surface area contributed by atoms with Crippen LogP contribution in [-0.2, 0) is 6.54 Å². The summed E-state index contributed by atoms with van der Waals surface area (Å²) in [4.78, 5) is 17.4. The monoisotopic (exact) mass is 264 g/mol. The summed E-state index contributed by atoms with van der Waals surface area (Å²) in [7, 11) is 0. The molecule has 0 aliphatic rings. The molecular formula is C12H16N4OS. The molecule has 2 rings (SSSR count). The van der Waals surface area contributed by atoms with Gasteiger partial charge in [0.05, 0.1) is 11.4 Å². The minimum atomic E-state index is -0.249. The fraction of sp³-hybridized carbons (Fsp3) is 0.333. The first-order chi connectivity index (χ1) is 8.61. The van der Waals surface area contributed by atoms with Gasteiger partial charge in [-0.25, -0.2) is 10.8 Å². The number of hydrogen-bond acceptors (Lipinski definition) is 4. The molecule has 0 spiro atoms. The molecule has 0 aromatic carbocycles. The second-order valence-corrected chi connectivity index (χ2v) is 5.48. The van der Waals surface area contributed by atoms with Gasteiger partial charge in [0.2, 0.25) is 0 Å². The Morgan fingerprint density at radius 2 is 2.33 bits per heavy atom. The van der Waals surface area contributed by atoms with Gasteiger partial charge in [0.25, 0.3) is 5.91 Å². The van der Waals surface area contributed by atoms with Gasteiger partial charge in [-0.2, -0.15) is 0 Å². The first kappa shape index (κ1) is 12.8. The number of amides is 1. The summed E-state index contributed by atoms with van der Waals surface area (Å²) in [6.07, 6.45) is 3.76. The molecule has 0 aliphatic heterocycles. The summed E-state index contributed by atoms with van der Waals surface area (Å²) in [5.41, 5.74) is 2.14. The van der Waals surface area contributed by atoms with Gasteiger partial charge in [0.15, 0.2) is 0 Å². The van der Waals surface area contributed by atoms with Crippen molar-refractivity contribution >= 4 is 17.2 Å². The molecule has 0 atom stereocenters. The van der Waals surface area contributed by atoms with E-state index in [9.17, 15) is 4.79 Å². The van der Waals surface area contributed by atoms with E-state index in [0.717, 1.165) is 17.2 Å². The molecule has 5 nitrogen and oxygen atoms in total. The van der Waals surface area contributed by atoms with Gasteiger partial charge in [-0.3, -0.25) is 10.2 Å². The number of nitrogens with zero attached hydrogens (tertiary/aromatic N) is 2. The zero-order chi connectivity index (χ0) is 13.1. The molecule has 1 amide bonds. The lowest BCUT2D eigenvalue weighted by Gasteiger charge is -2.08. The second-order valence-electron chi connectivity index (χ2n) is 4.31. The number of rotatable bonds is 4. The van der Waals surface area contributed by atoms with Crippen LogP contribution in [0.4, 0.5) is 0 Å². The zero-order valence-electron chi connectivity index (χ0n) is 10.4. The first-order valence-electron chi connectivity index (χ1n) is 5.72. The van der Waals surface area contributed by atoms with Crippen LogP contribution in [0.3, 0.4) is 0 Å². The van der Waals surface area contributed by atoms with Crippen LogP contribution >= 0.6 is 11.3 Å². The molecule has 0 saturated heterocycles. The molecule has 2 heterocycles. The molecule has 0 unspecified atom stereocenters. The van der Waals surface area contributed by atoms with Crippen molar-refractivity contribution in [2.45, 2.75) is 26.3 Å². The summed E-state index contributed by atoms with van der Waals surface area (Å²) < 4.78 is 2.10. The van der Waals surface area contributed by atoms with E-state index in [2.05, 4.69) is 28.8 Å². The number of hydrazine groups is 1. The molecule has 0 saturated carbocycles. The van der Waals surface area contributed by atoms with Crippen LogP contribution in [-0.4, -0.2) is 15.5 Å². The van der Waals surface area contributed by atoms with Crippen LogP contribution in [0.5, 0.6) is 0 Å². The van der Waals surface area contributed by atoms with E-state index in [1.807, 2.05) is 12.3 Å². The third-order valence-corrected chi connectivity index (χ3v) is 3.68. The Hall–Kier alpha value is -1.66. The fourth-order valence-corrected chi connectivity index (χ4v) is 2.69. The molecule has 0 radical (unpaired) electrons. The second kappa shape index (κ2) is 5.32. The minimum absolute atomic E-state index is 0.249. The van der Waals surface area contributed by atoms with E-state index >= 15 is 0 Å². The minimum Gasteiger partial charge on any atom is -0.329 e. The van der Waals surface area contributed by atoms with Gasteiger partial charge in [0.1, 0.15) is 5.82 Å². The molecule has 2 aromatic rings. The van der Waals surface area contributed by atoms with Crippen molar-refractivity contribution in [1.29, 1.82) is 0 Å². The molecular weight excluding hydrogens is 248 g/mol. The number of hydrogen-bond donors (Lipinski definition) is 2. The number of carbonyl (C=O) groups excluding carboxylic acids is 1. The zero-order valence-corrected chi connectivity index (χ0v) is 11.2. The number of carbonyl (C=O) groups is 1. The number of nitrogens with two attached hydrogens (primary N) is 1. The Balaban J connectivity index is 2.16. The average molecular weight is 264 g/mol. The van der Waals surface area contributed by atoms with Crippen molar-refractivity contribution in [1.82, 2.24) is 15.0 Å². The highest BCUT2D eigenvalue weighted by molar-refractivity contribution is 7.14. The SMILES string of the molecule is CC(C)c1nccn1Cc1ccc(C(=O)NN)s1. The van der Waals surface area contributed by atoms with Crippen LogP contribution in [0.2, 0.25) is 0 Å². The topological polar surface area (TPSA) is 72.9 Å². The highest BCUT2D eigenvalue weighted by Crippen LogP contribution is 2.20. The molecule has 0 aliphatic carbocycles. The summed E-state index contributed by atoms with van der Waals surface area (Å²) in [6.45, 7) is 4.96. The molecule has 18 heavy (non-hydrogen) atoms. The Labute approximate surface area is 110 Å². The summed E-state index contributed by atoms with van der Waals surface area (Å²) in [5, 5.41) is 0. The van der Waals surface area contributed by atoms with Crippen molar-refractivity contribution in [2.24, 2.45) is 5.84 Å². The Morgan fingerprint density at radius 3 is 3.00 bits per heavy atom. The van der Waals surface area contributed by atoms with E-state index in [4.69, 9.17) is 5.84 Å².